The van der Waals surface area contributed by atoms with Gasteiger partial charge in [-0.05, 0) is 66.3 Å². The van der Waals surface area contributed by atoms with Gasteiger partial charge in [0.05, 0.1) is 23.1 Å². The summed E-state index contributed by atoms with van der Waals surface area (Å²) in [5, 5.41) is 8.69. The number of piperidine rings is 1. The van der Waals surface area contributed by atoms with Crippen LogP contribution in [0.25, 0.3) is 5.52 Å². The number of alkyl halides is 3. The molecule has 10 nitrogen and oxygen atoms in total. The van der Waals surface area contributed by atoms with E-state index in [4.69, 9.17) is 0 Å². The smallest absolute Gasteiger partial charge is 0.436 e. The number of nitrogens with zero attached hydrogens (tertiary/aromatic N) is 3. The Hall–Kier alpha value is -4.43. The number of aromatic nitrogens is 2. The van der Waals surface area contributed by atoms with E-state index in [9.17, 15) is 31.2 Å². The van der Waals surface area contributed by atoms with Crippen LogP contribution in [0, 0.1) is 0 Å². The SMILES string of the molecule is COC(=O)Nc1ccc(S(=O)(=O)N2CCC(c3ccn4nc(C(F)(F)F)c(C(=O)NCc5ccccc5)c4c3)CC2)cc1. The maximum Gasteiger partial charge on any atom is 0.436 e. The van der Waals surface area contributed by atoms with Gasteiger partial charge < -0.3 is 10.1 Å². The number of carbonyl (C=O) groups is 2. The van der Waals surface area contributed by atoms with Crippen LogP contribution in [0.15, 0.2) is 77.8 Å². The molecule has 0 aliphatic carbocycles. The van der Waals surface area contributed by atoms with Gasteiger partial charge >= 0.3 is 12.3 Å². The van der Waals surface area contributed by atoms with Crippen LogP contribution in [-0.4, -0.2) is 54.5 Å². The van der Waals surface area contributed by atoms with Crippen molar-refractivity contribution in [3.05, 3.63) is 95.3 Å². The fourth-order valence-electron chi connectivity index (χ4n) is 5.06. The predicted octanol–water partition coefficient (Wildman–Crippen LogP) is 5.03. The molecule has 43 heavy (non-hydrogen) atoms. The summed E-state index contributed by atoms with van der Waals surface area (Å²) in [4.78, 5) is 24.5. The summed E-state index contributed by atoms with van der Waals surface area (Å²) < 4.78 is 75.1. The molecule has 14 heteroatoms. The third kappa shape index (κ3) is 6.49. The Balaban J connectivity index is 1.33. The van der Waals surface area contributed by atoms with Crippen LogP contribution in [0.4, 0.5) is 23.7 Å². The number of anilines is 1. The molecule has 2 aromatic heterocycles. The number of hydrogen-bond donors (Lipinski definition) is 2. The number of fused-ring (bicyclic) bond motifs is 1. The van der Waals surface area contributed by atoms with Crippen LogP contribution in [0.5, 0.6) is 0 Å². The number of hydrogen-bond acceptors (Lipinski definition) is 6. The zero-order valence-corrected chi connectivity index (χ0v) is 23.8. The van der Waals surface area contributed by atoms with Gasteiger partial charge in [-0.15, -0.1) is 0 Å². The Morgan fingerprint density at radius 2 is 1.70 bits per heavy atom. The minimum absolute atomic E-state index is 0.0195. The molecule has 226 valence electrons. The summed E-state index contributed by atoms with van der Waals surface area (Å²) in [5.74, 6) is -1.04. The lowest BCUT2D eigenvalue weighted by atomic mass is 9.90. The zero-order valence-electron chi connectivity index (χ0n) is 23.0. The molecule has 0 spiro atoms. The lowest BCUT2D eigenvalue weighted by Crippen LogP contribution is -2.37. The number of rotatable bonds is 7. The Labute approximate surface area is 245 Å². The number of carbonyl (C=O) groups excluding carboxylic acids is 2. The number of sulfonamides is 1. The van der Waals surface area contributed by atoms with E-state index in [2.05, 4.69) is 20.5 Å². The average molecular weight is 616 g/mol. The van der Waals surface area contributed by atoms with E-state index in [-0.39, 0.29) is 36.0 Å². The predicted molar refractivity (Wildman–Crippen MR) is 151 cm³/mol. The molecule has 2 amide bonds. The van der Waals surface area contributed by atoms with Crippen molar-refractivity contribution in [2.45, 2.75) is 36.4 Å². The zero-order chi connectivity index (χ0) is 30.8. The molecular formula is C29H28F3N5O5S. The molecule has 1 aliphatic rings. The summed E-state index contributed by atoms with van der Waals surface area (Å²) in [6, 6.07) is 17.7. The molecule has 0 radical (unpaired) electrons. The van der Waals surface area contributed by atoms with E-state index in [1.165, 1.54) is 47.9 Å². The molecule has 2 N–H and O–H groups in total. The summed E-state index contributed by atoms with van der Waals surface area (Å²) in [6.07, 6.45) is -3.29. The number of methoxy groups -OCH3 is 1. The second-order valence-corrected chi connectivity index (χ2v) is 11.9. The molecule has 4 aromatic rings. The monoisotopic (exact) mass is 615 g/mol. The van der Waals surface area contributed by atoms with Crippen molar-refractivity contribution in [3.63, 3.8) is 0 Å². The third-order valence-electron chi connectivity index (χ3n) is 7.30. The number of pyridine rings is 1. The van der Waals surface area contributed by atoms with E-state index in [0.717, 1.165) is 10.1 Å². The van der Waals surface area contributed by atoms with Crippen molar-refractivity contribution in [1.82, 2.24) is 19.2 Å². The Morgan fingerprint density at radius 1 is 1.02 bits per heavy atom. The molecule has 1 aliphatic heterocycles. The van der Waals surface area contributed by atoms with E-state index in [1.807, 2.05) is 0 Å². The normalized spacial score (nSPS) is 14.9. The first-order valence-electron chi connectivity index (χ1n) is 13.3. The van der Waals surface area contributed by atoms with Crippen LogP contribution in [-0.2, 0) is 27.5 Å². The van der Waals surface area contributed by atoms with Gasteiger partial charge in [0.1, 0.15) is 0 Å². The molecule has 5 rings (SSSR count). The first-order chi connectivity index (χ1) is 20.5. The van der Waals surface area contributed by atoms with E-state index >= 15 is 0 Å². The maximum atomic E-state index is 13.9. The van der Waals surface area contributed by atoms with Gasteiger partial charge in [-0.3, -0.25) is 10.1 Å². The summed E-state index contributed by atoms with van der Waals surface area (Å²) >= 11 is 0. The number of nitrogens with one attached hydrogen (secondary N) is 2. The Bertz CT molecular complexity index is 1730. The van der Waals surface area contributed by atoms with Gasteiger partial charge in [0.25, 0.3) is 5.91 Å². The van der Waals surface area contributed by atoms with E-state index < -0.39 is 39.5 Å². The molecule has 0 unspecified atom stereocenters. The van der Waals surface area contributed by atoms with Gasteiger partial charge in [-0.2, -0.15) is 22.6 Å². The number of halogens is 3. The Kier molecular flexibility index (Phi) is 8.42. The quantitative estimate of drug-likeness (QED) is 0.301. The van der Waals surface area contributed by atoms with Crippen molar-refractivity contribution >= 4 is 33.2 Å². The number of amides is 2. The molecule has 0 saturated carbocycles. The first-order valence-corrected chi connectivity index (χ1v) is 14.8. The topological polar surface area (TPSA) is 122 Å². The molecule has 1 fully saturated rings. The van der Waals surface area contributed by atoms with Gasteiger partial charge in [-0.1, -0.05) is 30.3 Å². The van der Waals surface area contributed by atoms with E-state index in [0.29, 0.717) is 24.1 Å². The van der Waals surface area contributed by atoms with Crippen LogP contribution in [0.2, 0.25) is 0 Å². The van der Waals surface area contributed by atoms with Gasteiger partial charge in [0.2, 0.25) is 10.0 Å². The van der Waals surface area contributed by atoms with Crippen molar-refractivity contribution in [2.75, 3.05) is 25.5 Å². The standard InChI is InChI=1S/C29H28F3N5O5S/c1-42-28(39)34-22-7-9-23(10-8-22)43(40,41)36-14-11-20(12-15-36)21-13-16-37-24(17-21)25(26(35-37)29(30,31)32)27(38)33-18-19-5-3-2-4-6-19/h2-10,13,16-17,20H,11-12,14-15,18H2,1H3,(H,33,38)(H,34,39). The van der Waals surface area contributed by atoms with E-state index in [1.54, 1.807) is 36.4 Å². The summed E-state index contributed by atoms with van der Waals surface area (Å²) in [5.41, 5.74) is -0.0161. The van der Waals surface area contributed by atoms with Crippen LogP contribution in [0.1, 0.15) is 45.9 Å². The second kappa shape index (κ2) is 12.1. The fraction of sp³-hybridized carbons (Fsp3) is 0.276. The highest BCUT2D eigenvalue weighted by atomic mass is 32.2. The van der Waals surface area contributed by atoms with Gasteiger partial charge in [-0.25, -0.2) is 17.7 Å². The molecule has 0 bridgehead atoms. The van der Waals surface area contributed by atoms with Crippen molar-refractivity contribution in [2.24, 2.45) is 0 Å². The third-order valence-corrected chi connectivity index (χ3v) is 9.21. The molecule has 0 atom stereocenters. The van der Waals surface area contributed by atoms with Crippen molar-refractivity contribution < 1.29 is 35.9 Å². The molecular weight excluding hydrogens is 587 g/mol. The van der Waals surface area contributed by atoms with Crippen LogP contribution in [0.3, 0.4) is 0 Å². The largest absolute Gasteiger partial charge is 0.453 e. The summed E-state index contributed by atoms with van der Waals surface area (Å²) in [7, 11) is -2.60. The fourth-order valence-corrected chi connectivity index (χ4v) is 6.53. The van der Waals surface area contributed by atoms with Crippen molar-refractivity contribution in [3.8, 4) is 0 Å². The highest BCUT2D eigenvalue weighted by molar-refractivity contribution is 7.89. The van der Waals surface area contributed by atoms with Crippen LogP contribution >= 0.6 is 0 Å². The minimum atomic E-state index is -4.85. The average Bonchev–Trinajstić information content (AvgIpc) is 3.40. The highest BCUT2D eigenvalue weighted by Gasteiger charge is 2.40. The molecule has 2 aromatic carbocycles. The van der Waals surface area contributed by atoms with Crippen molar-refractivity contribution in [1.29, 1.82) is 0 Å². The lowest BCUT2D eigenvalue weighted by Gasteiger charge is -2.31. The highest BCUT2D eigenvalue weighted by Crippen LogP contribution is 2.36. The number of ether oxygens (including phenoxy) is 1. The molecule has 1 saturated heterocycles. The summed E-state index contributed by atoms with van der Waals surface area (Å²) in [6.45, 7) is 0.432. The maximum absolute atomic E-state index is 13.9. The van der Waals surface area contributed by atoms with Crippen LogP contribution < -0.4 is 10.6 Å². The Morgan fingerprint density at radius 3 is 2.33 bits per heavy atom. The van der Waals surface area contributed by atoms with Gasteiger partial charge in [0, 0.05) is 31.5 Å². The molecule has 3 heterocycles. The number of benzene rings is 2. The minimum Gasteiger partial charge on any atom is -0.453 e. The lowest BCUT2D eigenvalue weighted by molar-refractivity contribution is -0.141. The second-order valence-electron chi connectivity index (χ2n) is 10.00. The van der Waals surface area contributed by atoms with Gasteiger partial charge in [0.15, 0.2) is 5.69 Å². The first kappa shape index (κ1) is 30.0.